The predicted molar refractivity (Wildman–Crippen MR) is 279 cm³/mol. The van der Waals surface area contributed by atoms with E-state index >= 15 is 0 Å². The summed E-state index contributed by atoms with van der Waals surface area (Å²) in [4.78, 5) is 0. The maximum Gasteiger partial charge on any atom is -0.0119 e. The lowest BCUT2D eigenvalue weighted by atomic mass is 9.88. The molecule has 0 heteroatoms. The Hall–Kier alpha value is -3.64. The molecule has 1 atom stereocenters. The van der Waals surface area contributed by atoms with Gasteiger partial charge in [0, 0.05) is 0 Å². The molecule has 0 aliphatic heterocycles. The van der Waals surface area contributed by atoms with Crippen molar-refractivity contribution < 1.29 is 0 Å². The van der Waals surface area contributed by atoms with Gasteiger partial charge in [-0.3, -0.25) is 0 Å². The van der Waals surface area contributed by atoms with Crippen LogP contribution in [0.3, 0.4) is 0 Å². The molecule has 0 spiro atoms. The number of aryl methyl sites for hydroxylation is 3. The summed E-state index contributed by atoms with van der Waals surface area (Å²) in [6, 6.07) is 24.4. The second-order valence-electron chi connectivity index (χ2n) is 17.5. The molecular weight excluding hydrogens is 721 g/mol. The monoisotopic (exact) mass is 817 g/mol. The van der Waals surface area contributed by atoms with Crippen molar-refractivity contribution in [3.63, 3.8) is 0 Å². The summed E-state index contributed by atoms with van der Waals surface area (Å²) in [6.07, 6.45) is 21.9. The van der Waals surface area contributed by atoms with Gasteiger partial charge >= 0.3 is 0 Å². The first-order valence-corrected chi connectivity index (χ1v) is 24.1. The van der Waals surface area contributed by atoms with E-state index in [2.05, 4.69) is 190 Å². The molecule has 336 valence electrons. The summed E-state index contributed by atoms with van der Waals surface area (Å²) in [6.45, 7) is 46.1. The Balaban J connectivity index is 0. The summed E-state index contributed by atoms with van der Waals surface area (Å²) in [5.41, 5.74) is 17.6. The smallest absolute Gasteiger partial charge is 0.0119 e. The van der Waals surface area contributed by atoms with Gasteiger partial charge in [0.05, 0.1) is 0 Å². The third-order valence-electron chi connectivity index (χ3n) is 10.9. The molecule has 0 saturated heterocycles. The Labute approximate surface area is 375 Å². The van der Waals surface area contributed by atoms with E-state index in [1.54, 1.807) is 5.57 Å². The van der Waals surface area contributed by atoms with Gasteiger partial charge in [-0.25, -0.2) is 0 Å². The van der Waals surface area contributed by atoms with E-state index in [9.17, 15) is 0 Å². The number of rotatable bonds is 21. The fraction of sp³-hybridized carbons (Fsp3) is 0.533. The number of allylic oxidation sites excluding steroid dienone is 5. The molecule has 0 nitrogen and oxygen atoms in total. The fourth-order valence-corrected chi connectivity index (χ4v) is 6.80. The zero-order valence-corrected chi connectivity index (χ0v) is 42.3. The van der Waals surface area contributed by atoms with Crippen LogP contribution in [0.25, 0.3) is 11.1 Å². The highest BCUT2D eigenvalue weighted by atomic mass is 14.2. The highest BCUT2D eigenvalue weighted by molar-refractivity contribution is 5.82. The van der Waals surface area contributed by atoms with Crippen LogP contribution in [-0.2, 0) is 6.42 Å². The van der Waals surface area contributed by atoms with Crippen molar-refractivity contribution in [1.29, 1.82) is 0 Å². The summed E-state index contributed by atoms with van der Waals surface area (Å²) in [5.74, 6) is 0.650. The molecule has 60 heavy (non-hydrogen) atoms. The lowest BCUT2D eigenvalue weighted by Crippen LogP contribution is -1.96. The van der Waals surface area contributed by atoms with E-state index in [0.29, 0.717) is 5.92 Å². The summed E-state index contributed by atoms with van der Waals surface area (Å²) >= 11 is 0. The lowest BCUT2D eigenvalue weighted by molar-refractivity contribution is 0.613. The van der Waals surface area contributed by atoms with Crippen molar-refractivity contribution in [1.82, 2.24) is 0 Å². The average molecular weight is 817 g/mol. The highest BCUT2D eigenvalue weighted by Gasteiger charge is 2.11. The van der Waals surface area contributed by atoms with Crippen molar-refractivity contribution >= 4 is 11.1 Å². The van der Waals surface area contributed by atoms with Gasteiger partial charge in [-0.15, -0.1) is 13.2 Å². The quantitative estimate of drug-likeness (QED) is 0.0742. The van der Waals surface area contributed by atoms with Crippen molar-refractivity contribution in [2.45, 2.75) is 206 Å². The van der Waals surface area contributed by atoms with Crippen molar-refractivity contribution in [3.05, 3.63) is 154 Å². The van der Waals surface area contributed by atoms with E-state index in [1.807, 2.05) is 0 Å². The average Bonchev–Trinajstić information content (AvgIpc) is 3.21. The number of unbranched alkanes of at least 4 members (excludes halogenated alkanes) is 7. The van der Waals surface area contributed by atoms with E-state index in [4.69, 9.17) is 0 Å². The Morgan fingerprint density at radius 3 is 1.27 bits per heavy atom. The van der Waals surface area contributed by atoms with Gasteiger partial charge in [0.15, 0.2) is 0 Å². The molecule has 0 heterocycles. The number of hydrogen-bond acceptors (Lipinski definition) is 0. The molecule has 0 fully saturated rings. The van der Waals surface area contributed by atoms with Crippen molar-refractivity contribution in [2.24, 2.45) is 5.92 Å². The SMILES string of the molecule is C=C(C)CCC(C)C(=C)C.C=C(C)CCCCCC.C=C(C)c1cccc(C)c1CC.CCCC(CCC)=C(c1ccc(C)cc1)c1ccc(C)cc1.CCCCCCC. The largest absolute Gasteiger partial charge is 0.100 e. The topological polar surface area (TPSA) is 0 Å². The van der Waals surface area contributed by atoms with Gasteiger partial charge in [-0.1, -0.05) is 232 Å². The third-order valence-corrected chi connectivity index (χ3v) is 10.9. The van der Waals surface area contributed by atoms with Gasteiger partial charge in [-0.2, -0.15) is 0 Å². The van der Waals surface area contributed by atoms with Crippen LogP contribution >= 0.6 is 0 Å². The van der Waals surface area contributed by atoms with Crippen LogP contribution in [0.5, 0.6) is 0 Å². The Morgan fingerprint density at radius 1 is 0.500 bits per heavy atom. The molecule has 3 rings (SSSR count). The van der Waals surface area contributed by atoms with Gasteiger partial charge in [0.25, 0.3) is 0 Å². The zero-order valence-electron chi connectivity index (χ0n) is 42.3. The normalized spacial score (nSPS) is 10.5. The van der Waals surface area contributed by atoms with Crippen LogP contribution in [-0.4, -0.2) is 0 Å². The van der Waals surface area contributed by atoms with Gasteiger partial charge in [-0.05, 0) is 133 Å². The third kappa shape index (κ3) is 28.8. The van der Waals surface area contributed by atoms with E-state index in [1.165, 1.54) is 158 Å². The van der Waals surface area contributed by atoms with Crippen molar-refractivity contribution in [2.75, 3.05) is 0 Å². The molecule has 3 aromatic rings. The van der Waals surface area contributed by atoms with Gasteiger partial charge in [0.2, 0.25) is 0 Å². The van der Waals surface area contributed by atoms with Crippen LogP contribution in [0.1, 0.15) is 218 Å². The molecule has 1 unspecified atom stereocenters. The van der Waals surface area contributed by atoms with Crippen LogP contribution in [0.4, 0.5) is 0 Å². The number of benzene rings is 3. The lowest BCUT2D eigenvalue weighted by Gasteiger charge is -2.16. The fourth-order valence-electron chi connectivity index (χ4n) is 6.80. The maximum absolute atomic E-state index is 3.98. The van der Waals surface area contributed by atoms with Crippen LogP contribution in [0.2, 0.25) is 0 Å². The Bertz CT molecular complexity index is 1540. The molecule has 0 aromatic heterocycles. The summed E-state index contributed by atoms with van der Waals surface area (Å²) in [7, 11) is 0. The molecule has 0 radical (unpaired) electrons. The maximum atomic E-state index is 3.98. The van der Waals surface area contributed by atoms with E-state index in [0.717, 1.165) is 18.4 Å². The minimum Gasteiger partial charge on any atom is -0.100 e. The summed E-state index contributed by atoms with van der Waals surface area (Å²) < 4.78 is 0. The first-order chi connectivity index (χ1) is 28.5. The molecule has 0 N–H and O–H groups in total. The standard InChI is InChI=1S/C22H28.C12H16.C10H18.C9H18.C7H16/c1-5-7-19(8-6-2)22(20-13-9-17(3)10-14-20)21-15-11-18(4)12-16-21;1-5-11-10(4)7-6-8-12(11)9(2)3;1-8(2)6-7-10(5)9(3)4;1-4-5-6-7-8-9(2)3;1-3-5-7-6-4-2/h9-16H,5-8H2,1-4H3;6-8H,2,5H2,1,3-4H3;10H,1,3,6-7H2,2,4-5H3;2,4-8H2,1,3H3;3-7H2,1-2H3. The van der Waals surface area contributed by atoms with Crippen LogP contribution in [0.15, 0.2) is 115 Å². The Morgan fingerprint density at radius 2 is 0.933 bits per heavy atom. The zero-order chi connectivity index (χ0) is 45.9. The highest BCUT2D eigenvalue weighted by Crippen LogP contribution is 2.32. The second-order valence-corrected chi connectivity index (χ2v) is 17.5. The first-order valence-electron chi connectivity index (χ1n) is 24.1. The van der Waals surface area contributed by atoms with Gasteiger partial charge in [0.1, 0.15) is 0 Å². The molecule has 0 bridgehead atoms. The molecular formula is C60H96. The molecule has 0 aliphatic carbocycles. The van der Waals surface area contributed by atoms with Crippen LogP contribution in [0, 0.1) is 26.7 Å². The van der Waals surface area contributed by atoms with Crippen LogP contribution < -0.4 is 0 Å². The Kier molecular flexibility index (Phi) is 36.2. The molecule has 0 saturated carbocycles. The van der Waals surface area contributed by atoms with E-state index < -0.39 is 0 Å². The molecule has 3 aromatic carbocycles. The number of hydrogen-bond donors (Lipinski definition) is 0. The summed E-state index contributed by atoms with van der Waals surface area (Å²) in [5, 5.41) is 0. The van der Waals surface area contributed by atoms with Crippen molar-refractivity contribution in [3.8, 4) is 0 Å². The first kappa shape index (κ1) is 58.5. The second kappa shape index (κ2) is 37.1. The van der Waals surface area contributed by atoms with E-state index in [-0.39, 0.29) is 0 Å². The minimum atomic E-state index is 0.650. The molecule has 0 aliphatic rings. The van der Waals surface area contributed by atoms with Gasteiger partial charge < -0.3 is 0 Å². The minimum absolute atomic E-state index is 0.650. The molecule has 0 amide bonds. The predicted octanol–water partition coefficient (Wildman–Crippen LogP) is 20.4.